The van der Waals surface area contributed by atoms with Gasteiger partial charge in [-0.1, -0.05) is 5.21 Å². The summed E-state index contributed by atoms with van der Waals surface area (Å²) < 4.78 is 1.75. The number of hydrogen-bond acceptors (Lipinski definition) is 4. The molecule has 0 atom stereocenters. The Balaban J connectivity index is 1.70. The fraction of sp³-hybridized carbons (Fsp3) is 0.700. The molecule has 0 aromatic carbocycles. The van der Waals surface area contributed by atoms with Crippen LogP contribution in [0.4, 0.5) is 0 Å². The van der Waals surface area contributed by atoms with Gasteiger partial charge < -0.3 is 10.6 Å². The zero-order chi connectivity index (χ0) is 11.4. The van der Waals surface area contributed by atoms with Crippen LogP contribution in [0.2, 0.25) is 0 Å². The van der Waals surface area contributed by atoms with Crippen LogP contribution in [0.15, 0.2) is 6.20 Å². The molecule has 2 N–H and O–H groups in total. The minimum atomic E-state index is -0.0178. The van der Waals surface area contributed by atoms with Crippen molar-refractivity contribution in [2.45, 2.75) is 38.9 Å². The molecule has 1 aromatic rings. The Morgan fingerprint density at radius 1 is 1.62 bits per heavy atom. The van der Waals surface area contributed by atoms with Crippen LogP contribution in [0.1, 0.15) is 25.5 Å². The first-order valence-corrected chi connectivity index (χ1v) is 5.61. The topological polar surface area (TPSA) is 71.8 Å². The first-order valence-electron chi connectivity index (χ1n) is 5.61. The molecule has 1 heterocycles. The summed E-state index contributed by atoms with van der Waals surface area (Å²) in [6.07, 6.45) is 4.46. The van der Waals surface area contributed by atoms with Crippen LogP contribution in [0, 0.1) is 0 Å². The Morgan fingerprint density at radius 3 is 3.12 bits per heavy atom. The molecule has 0 radical (unpaired) electrons. The Labute approximate surface area is 94.4 Å². The van der Waals surface area contributed by atoms with Crippen molar-refractivity contribution in [1.82, 2.24) is 25.6 Å². The molecule has 1 saturated carbocycles. The summed E-state index contributed by atoms with van der Waals surface area (Å²) in [6, 6.07) is 0.685. The highest BCUT2D eigenvalue weighted by Gasteiger charge is 2.20. The quantitative estimate of drug-likeness (QED) is 0.692. The second kappa shape index (κ2) is 5.07. The number of rotatable bonds is 6. The van der Waals surface area contributed by atoms with E-state index in [2.05, 4.69) is 20.9 Å². The van der Waals surface area contributed by atoms with E-state index in [1.807, 2.05) is 6.20 Å². The van der Waals surface area contributed by atoms with Gasteiger partial charge in [-0.15, -0.1) is 5.10 Å². The van der Waals surface area contributed by atoms with Gasteiger partial charge in [-0.3, -0.25) is 9.48 Å². The van der Waals surface area contributed by atoms with Gasteiger partial charge >= 0.3 is 0 Å². The predicted molar refractivity (Wildman–Crippen MR) is 58.6 cm³/mol. The summed E-state index contributed by atoms with van der Waals surface area (Å²) in [7, 11) is 0. The predicted octanol–water partition coefficient (Wildman–Crippen LogP) is -0.334. The third kappa shape index (κ3) is 3.62. The van der Waals surface area contributed by atoms with Gasteiger partial charge in [-0.2, -0.15) is 0 Å². The highest BCUT2D eigenvalue weighted by atomic mass is 16.1. The van der Waals surface area contributed by atoms with Crippen molar-refractivity contribution in [2.75, 3.05) is 6.54 Å². The number of nitrogens with zero attached hydrogens (tertiary/aromatic N) is 3. The maximum atomic E-state index is 10.7. The molecule has 1 aliphatic carbocycles. The number of nitrogens with one attached hydrogen (secondary N) is 2. The molecule has 1 fully saturated rings. The van der Waals surface area contributed by atoms with Crippen LogP contribution in [0.25, 0.3) is 0 Å². The molecule has 88 valence electrons. The highest BCUT2D eigenvalue weighted by molar-refractivity contribution is 5.72. The lowest BCUT2D eigenvalue weighted by atomic mass is 10.4. The van der Waals surface area contributed by atoms with E-state index in [9.17, 15) is 4.79 Å². The number of aromatic nitrogens is 3. The molecule has 0 saturated heterocycles. The van der Waals surface area contributed by atoms with Gasteiger partial charge in [0.15, 0.2) is 0 Å². The Kier molecular flexibility index (Phi) is 3.51. The summed E-state index contributed by atoms with van der Waals surface area (Å²) in [4.78, 5) is 10.7. The third-order valence-corrected chi connectivity index (χ3v) is 2.45. The smallest absolute Gasteiger partial charge is 0.216 e. The average molecular weight is 223 g/mol. The fourth-order valence-corrected chi connectivity index (χ4v) is 1.41. The Morgan fingerprint density at radius 2 is 2.44 bits per heavy atom. The van der Waals surface area contributed by atoms with Gasteiger partial charge in [0.2, 0.25) is 5.91 Å². The molecule has 6 nitrogen and oxygen atoms in total. The lowest BCUT2D eigenvalue weighted by Gasteiger charge is -2.00. The van der Waals surface area contributed by atoms with Crippen molar-refractivity contribution in [3.05, 3.63) is 11.9 Å². The third-order valence-electron chi connectivity index (χ3n) is 2.45. The lowest BCUT2D eigenvalue weighted by Crippen LogP contribution is -2.24. The maximum Gasteiger partial charge on any atom is 0.216 e. The summed E-state index contributed by atoms with van der Waals surface area (Å²) in [5.41, 5.74) is 0.953. The van der Waals surface area contributed by atoms with E-state index >= 15 is 0 Å². The number of carbonyl (C=O) groups excluding carboxylic acids is 1. The molecule has 1 aliphatic rings. The molecule has 16 heavy (non-hydrogen) atoms. The van der Waals surface area contributed by atoms with Gasteiger partial charge in [0, 0.05) is 32.3 Å². The van der Waals surface area contributed by atoms with Gasteiger partial charge in [-0.05, 0) is 12.8 Å². The van der Waals surface area contributed by atoms with E-state index in [-0.39, 0.29) is 5.91 Å². The maximum absolute atomic E-state index is 10.7. The number of carbonyl (C=O) groups is 1. The Hall–Kier alpha value is -1.43. The van der Waals surface area contributed by atoms with Gasteiger partial charge in [-0.25, -0.2) is 0 Å². The standard InChI is InChI=1S/C10H17N5O/c1-8(16)11-4-5-15-7-10(13-14-15)6-12-9-2-3-9/h7,9,12H,2-6H2,1H3,(H,11,16). The van der Waals surface area contributed by atoms with E-state index in [1.54, 1.807) is 4.68 Å². The van der Waals surface area contributed by atoms with Crippen molar-refractivity contribution in [3.8, 4) is 0 Å². The minimum absolute atomic E-state index is 0.0178. The molecule has 1 aromatic heterocycles. The normalized spacial score (nSPS) is 15.1. The molecule has 0 unspecified atom stereocenters. The summed E-state index contributed by atoms with van der Waals surface area (Å²) in [5.74, 6) is -0.0178. The van der Waals surface area contributed by atoms with Crippen molar-refractivity contribution in [1.29, 1.82) is 0 Å². The van der Waals surface area contributed by atoms with Gasteiger partial charge in [0.1, 0.15) is 0 Å². The highest BCUT2D eigenvalue weighted by Crippen LogP contribution is 2.18. The first kappa shape index (κ1) is 11.1. The Bertz CT molecular complexity index is 358. The van der Waals surface area contributed by atoms with Crippen LogP contribution in [-0.2, 0) is 17.9 Å². The van der Waals surface area contributed by atoms with E-state index < -0.39 is 0 Å². The second-order valence-electron chi connectivity index (χ2n) is 4.11. The monoisotopic (exact) mass is 223 g/mol. The fourth-order valence-electron chi connectivity index (χ4n) is 1.41. The molecule has 1 amide bonds. The van der Waals surface area contributed by atoms with Crippen LogP contribution >= 0.6 is 0 Å². The summed E-state index contributed by atoms with van der Waals surface area (Å²) in [5, 5.41) is 14.1. The minimum Gasteiger partial charge on any atom is -0.354 e. The molecular weight excluding hydrogens is 206 g/mol. The molecular formula is C10H17N5O. The van der Waals surface area contributed by atoms with Crippen LogP contribution < -0.4 is 10.6 Å². The SMILES string of the molecule is CC(=O)NCCn1cc(CNC2CC2)nn1. The van der Waals surface area contributed by atoms with Crippen LogP contribution in [-0.4, -0.2) is 33.5 Å². The van der Waals surface area contributed by atoms with E-state index in [4.69, 9.17) is 0 Å². The average Bonchev–Trinajstić information content (AvgIpc) is 2.96. The van der Waals surface area contributed by atoms with Crippen molar-refractivity contribution in [2.24, 2.45) is 0 Å². The zero-order valence-corrected chi connectivity index (χ0v) is 9.44. The molecule has 0 aliphatic heterocycles. The molecule has 2 rings (SSSR count). The van der Waals surface area contributed by atoms with Crippen molar-refractivity contribution in [3.63, 3.8) is 0 Å². The summed E-state index contributed by atoms with van der Waals surface area (Å²) in [6.45, 7) is 3.54. The van der Waals surface area contributed by atoms with E-state index in [1.165, 1.54) is 19.8 Å². The first-order chi connectivity index (χ1) is 7.74. The van der Waals surface area contributed by atoms with Crippen molar-refractivity contribution >= 4 is 5.91 Å². The van der Waals surface area contributed by atoms with Crippen LogP contribution in [0.5, 0.6) is 0 Å². The molecule has 0 spiro atoms. The van der Waals surface area contributed by atoms with Gasteiger partial charge in [0.05, 0.1) is 12.2 Å². The van der Waals surface area contributed by atoms with Crippen molar-refractivity contribution < 1.29 is 4.79 Å². The van der Waals surface area contributed by atoms with Gasteiger partial charge in [0.25, 0.3) is 0 Å². The number of hydrogen-bond donors (Lipinski definition) is 2. The number of amides is 1. The lowest BCUT2D eigenvalue weighted by molar-refractivity contribution is -0.118. The molecule has 6 heteroatoms. The molecule has 0 bridgehead atoms. The van der Waals surface area contributed by atoms with E-state index in [0.29, 0.717) is 19.1 Å². The largest absolute Gasteiger partial charge is 0.354 e. The second-order valence-corrected chi connectivity index (χ2v) is 4.11. The summed E-state index contributed by atoms with van der Waals surface area (Å²) >= 11 is 0. The zero-order valence-electron chi connectivity index (χ0n) is 9.44. The van der Waals surface area contributed by atoms with Crippen LogP contribution in [0.3, 0.4) is 0 Å². The van der Waals surface area contributed by atoms with E-state index in [0.717, 1.165) is 12.2 Å².